The van der Waals surface area contributed by atoms with Gasteiger partial charge in [-0.25, -0.2) is 4.39 Å². The first-order valence-electron chi connectivity index (χ1n) is 8.89. The molecule has 0 unspecified atom stereocenters. The molecule has 0 aliphatic carbocycles. The Morgan fingerprint density at radius 3 is 2.04 bits per heavy atom. The predicted octanol–water partition coefficient (Wildman–Crippen LogP) is 4.81. The smallest absolute Gasteiger partial charge is 0.403 e. The van der Waals surface area contributed by atoms with Crippen molar-refractivity contribution in [2.75, 3.05) is 0 Å². The summed E-state index contributed by atoms with van der Waals surface area (Å²) in [5, 5.41) is 0. The molecule has 1 aliphatic heterocycles. The maximum absolute atomic E-state index is 13.1. The van der Waals surface area contributed by atoms with Gasteiger partial charge in [-0.3, -0.25) is 4.79 Å². The molecule has 136 valence electrons. The van der Waals surface area contributed by atoms with E-state index >= 15 is 0 Å². The minimum atomic E-state index is -0.521. The van der Waals surface area contributed by atoms with Crippen LogP contribution in [0.1, 0.15) is 55.9 Å². The highest BCUT2D eigenvalue weighted by atomic mass is 19.1. The van der Waals surface area contributed by atoms with Gasteiger partial charge >= 0.3 is 7.12 Å². The third kappa shape index (κ3) is 3.74. The highest BCUT2D eigenvalue weighted by molar-refractivity contribution is 6.48. The van der Waals surface area contributed by atoms with E-state index in [-0.39, 0.29) is 23.8 Å². The summed E-state index contributed by atoms with van der Waals surface area (Å²) in [6.07, 6.45) is 0.229. The zero-order valence-corrected chi connectivity index (χ0v) is 15.7. The van der Waals surface area contributed by atoms with Crippen LogP contribution in [0.25, 0.3) is 0 Å². The second-order valence-corrected chi connectivity index (χ2v) is 7.78. The number of rotatable bonds is 5. The molecule has 1 atom stereocenters. The Bertz CT molecular complexity index is 756. The second-order valence-electron chi connectivity index (χ2n) is 7.78. The van der Waals surface area contributed by atoms with Gasteiger partial charge < -0.3 is 9.31 Å². The molecule has 3 nitrogen and oxygen atoms in total. The van der Waals surface area contributed by atoms with Crippen molar-refractivity contribution in [2.24, 2.45) is 0 Å². The molecular formula is C21H24BFO3. The molecule has 0 aromatic heterocycles. The molecule has 0 bridgehead atoms. The summed E-state index contributed by atoms with van der Waals surface area (Å²) in [6, 6.07) is 15.4. The molecule has 3 rings (SSSR count). The van der Waals surface area contributed by atoms with Crippen LogP contribution in [0.5, 0.6) is 0 Å². The van der Waals surface area contributed by atoms with E-state index in [1.807, 2.05) is 58.0 Å². The average molecular weight is 354 g/mol. The molecular weight excluding hydrogens is 330 g/mol. The van der Waals surface area contributed by atoms with Crippen LogP contribution in [0.4, 0.5) is 4.39 Å². The summed E-state index contributed by atoms with van der Waals surface area (Å²) < 4.78 is 25.5. The third-order valence-corrected chi connectivity index (χ3v) is 5.40. The minimum absolute atomic E-state index is 0.0615. The van der Waals surface area contributed by atoms with E-state index in [2.05, 4.69) is 0 Å². The number of hydrogen-bond donors (Lipinski definition) is 0. The molecule has 2 aromatic carbocycles. The van der Waals surface area contributed by atoms with E-state index in [1.165, 1.54) is 24.3 Å². The van der Waals surface area contributed by atoms with Gasteiger partial charge in [-0.1, -0.05) is 30.3 Å². The van der Waals surface area contributed by atoms with E-state index in [0.717, 1.165) is 5.56 Å². The number of ketones is 1. The lowest BCUT2D eigenvalue weighted by Gasteiger charge is -2.32. The van der Waals surface area contributed by atoms with E-state index in [0.29, 0.717) is 5.56 Å². The topological polar surface area (TPSA) is 35.5 Å². The van der Waals surface area contributed by atoms with Crippen molar-refractivity contribution in [1.82, 2.24) is 0 Å². The molecule has 1 aliphatic rings. The lowest BCUT2D eigenvalue weighted by molar-refractivity contribution is 0.00578. The summed E-state index contributed by atoms with van der Waals surface area (Å²) in [5.41, 5.74) is 0.540. The Labute approximate surface area is 154 Å². The lowest BCUT2D eigenvalue weighted by atomic mass is 9.65. The summed E-state index contributed by atoms with van der Waals surface area (Å²) in [5.74, 6) is -0.657. The maximum Gasteiger partial charge on any atom is 0.466 e. The molecule has 26 heavy (non-hydrogen) atoms. The molecule has 0 N–H and O–H groups in total. The van der Waals surface area contributed by atoms with E-state index in [1.54, 1.807) is 0 Å². The summed E-state index contributed by atoms with van der Waals surface area (Å²) in [7, 11) is -0.521. The molecule has 5 heteroatoms. The van der Waals surface area contributed by atoms with Gasteiger partial charge in [0.25, 0.3) is 0 Å². The predicted molar refractivity (Wildman–Crippen MR) is 101 cm³/mol. The zero-order valence-electron chi connectivity index (χ0n) is 15.7. The van der Waals surface area contributed by atoms with Gasteiger partial charge in [0.05, 0.1) is 11.2 Å². The zero-order chi connectivity index (χ0) is 18.9. The monoisotopic (exact) mass is 354 g/mol. The summed E-state index contributed by atoms with van der Waals surface area (Å²) in [4.78, 5) is 12.8. The van der Waals surface area contributed by atoms with Crippen molar-refractivity contribution in [3.63, 3.8) is 0 Å². The van der Waals surface area contributed by atoms with Crippen molar-refractivity contribution >= 4 is 12.9 Å². The van der Waals surface area contributed by atoms with E-state index < -0.39 is 18.3 Å². The van der Waals surface area contributed by atoms with Crippen molar-refractivity contribution in [3.8, 4) is 0 Å². The van der Waals surface area contributed by atoms with Crippen LogP contribution in [0.2, 0.25) is 0 Å². The van der Waals surface area contributed by atoms with Crippen LogP contribution in [0.15, 0.2) is 54.6 Å². The van der Waals surface area contributed by atoms with Crippen LogP contribution in [0, 0.1) is 5.82 Å². The number of Topliss-reactive ketones (excluding diaryl/α,β-unsaturated/α-hetero) is 1. The summed E-state index contributed by atoms with van der Waals surface area (Å²) >= 11 is 0. The first kappa shape index (κ1) is 18.8. The van der Waals surface area contributed by atoms with Crippen LogP contribution >= 0.6 is 0 Å². The Hall–Kier alpha value is -1.98. The van der Waals surface area contributed by atoms with Crippen molar-refractivity contribution in [2.45, 2.75) is 51.1 Å². The molecule has 1 saturated heterocycles. The Kier molecular flexibility index (Phi) is 5.04. The molecule has 0 spiro atoms. The number of carbonyl (C=O) groups excluding carboxylic acids is 1. The summed E-state index contributed by atoms with van der Waals surface area (Å²) in [6.45, 7) is 7.99. The van der Waals surface area contributed by atoms with Crippen LogP contribution in [-0.2, 0) is 9.31 Å². The minimum Gasteiger partial charge on any atom is -0.403 e. The molecule has 1 fully saturated rings. The van der Waals surface area contributed by atoms with Gasteiger partial charge in [-0.05, 0) is 57.5 Å². The van der Waals surface area contributed by atoms with Gasteiger partial charge in [-0.15, -0.1) is 0 Å². The quantitative estimate of drug-likeness (QED) is 0.571. The number of benzene rings is 2. The van der Waals surface area contributed by atoms with Crippen LogP contribution in [0.3, 0.4) is 0 Å². The van der Waals surface area contributed by atoms with Crippen molar-refractivity contribution < 1.29 is 18.5 Å². The highest BCUT2D eigenvalue weighted by Crippen LogP contribution is 2.42. The van der Waals surface area contributed by atoms with Gasteiger partial charge in [0.1, 0.15) is 5.82 Å². The Morgan fingerprint density at radius 1 is 0.962 bits per heavy atom. The van der Waals surface area contributed by atoms with E-state index in [9.17, 15) is 9.18 Å². The van der Waals surface area contributed by atoms with Gasteiger partial charge in [0.15, 0.2) is 5.78 Å². The third-order valence-electron chi connectivity index (χ3n) is 5.40. The fraction of sp³-hybridized carbons (Fsp3) is 0.381. The van der Waals surface area contributed by atoms with Crippen LogP contribution < -0.4 is 0 Å². The first-order valence-corrected chi connectivity index (χ1v) is 8.89. The fourth-order valence-electron chi connectivity index (χ4n) is 3.08. The van der Waals surface area contributed by atoms with E-state index in [4.69, 9.17) is 9.31 Å². The van der Waals surface area contributed by atoms with Gasteiger partial charge in [0.2, 0.25) is 0 Å². The largest absolute Gasteiger partial charge is 0.466 e. The number of halogens is 1. The fourth-order valence-corrected chi connectivity index (χ4v) is 3.08. The van der Waals surface area contributed by atoms with Crippen molar-refractivity contribution in [3.05, 3.63) is 71.5 Å². The Balaban J connectivity index is 1.88. The second kappa shape index (κ2) is 6.97. The van der Waals surface area contributed by atoms with Crippen molar-refractivity contribution in [1.29, 1.82) is 0 Å². The average Bonchev–Trinajstić information content (AvgIpc) is 2.81. The lowest BCUT2D eigenvalue weighted by Crippen LogP contribution is -2.41. The highest BCUT2D eigenvalue weighted by Gasteiger charge is 2.54. The molecule has 0 saturated carbocycles. The molecule has 0 radical (unpaired) electrons. The normalized spacial score (nSPS) is 19.3. The van der Waals surface area contributed by atoms with Crippen LogP contribution in [-0.4, -0.2) is 24.1 Å². The molecule has 2 aromatic rings. The number of hydrogen-bond acceptors (Lipinski definition) is 3. The van der Waals surface area contributed by atoms with Gasteiger partial charge in [-0.2, -0.15) is 0 Å². The molecule has 0 amide bonds. The Morgan fingerprint density at radius 2 is 1.50 bits per heavy atom. The maximum atomic E-state index is 13.1. The SMILES string of the molecule is CC1(C)OB([C@H](CC(=O)c2ccc(F)cc2)c2ccccc2)OC1(C)C. The first-order chi connectivity index (χ1) is 12.2. The van der Waals surface area contributed by atoms with Gasteiger partial charge in [0, 0.05) is 17.8 Å². The standard InChI is InChI=1S/C21H24BFO3/c1-20(2)21(3,4)26-22(25-20)18(15-8-6-5-7-9-15)14-19(24)16-10-12-17(23)13-11-16/h5-13,18H,14H2,1-4H3/t18-/m1/s1. The number of carbonyl (C=O) groups is 1. The molecule has 1 heterocycles.